The van der Waals surface area contributed by atoms with Crippen molar-refractivity contribution in [2.75, 3.05) is 23.8 Å². The van der Waals surface area contributed by atoms with Crippen LogP contribution in [0.1, 0.15) is 28.4 Å². The maximum atomic E-state index is 12.2. The monoisotopic (exact) mass is 362 g/mol. The van der Waals surface area contributed by atoms with E-state index in [4.69, 9.17) is 0 Å². The molecule has 27 heavy (non-hydrogen) atoms. The van der Waals surface area contributed by atoms with Crippen molar-refractivity contribution in [2.45, 2.75) is 12.3 Å². The fraction of sp³-hybridized carbons (Fsp3) is 0.190. The summed E-state index contributed by atoms with van der Waals surface area (Å²) in [5.74, 6) is 0.451. The van der Waals surface area contributed by atoms with Crippen LogP contribution in [-0.4, -0.2) is 34.4 Å². The molecular weight excluding hydrogens is 340 g/mol. The van der Waals surface area contributed by atoms with Crippen molar-refractivity contribution in [1.82, 2.24) is 10.2 Å². The van der Waals surface area contributed by atoms with E-state index in [2.05, 4.69) is 20.8 Å². The third kappa shape index (κ3) is 5.36. The number of aromatic nitrogens is 2. The van der Waals surface area contributed by atoms with Crippen molar-refractivity contribution < 1.29 is 9.90 Å². The Morgan fingerprint density at radius 1 is 0.926 bits per heavy atom. The van der Waals surface area contributed by atoms with Crippen molar-refractivity contribution in [3.05, 3.63) is 84.1 Å². The molecule has 0 fully saturated rings. The van der Waals surface area contributed by atoms with Crippen molar-refractivity contribution in [2.24, 2.45) is 0 Å². The van der Waals surface area contributed by atoms with Crippen LogP contribution in [0.25, 0.3) is 0 Å². The quantitative estimate of drug-likeness (QED) is 0.572. The van der Waals surface area contributed by atoms with E-state index in [0.29, 0.717) is 24.5 Å². The van der Waals surface area contributed by atoms with E-state index in [0.717, 1.165) is 5.56 Å². The molecule has 138 valence electrons. The van der Waals surface area contributed by atoms with Crippen LogP contribution in [0.5, 0.6) is 0 Å². The van der Waals surface area contributed by atoms with Gasteiger partial charge in [0.2, 0.25) is 0 Å². The standard InChI is InChI=1S/C21H22N4O2/c26-14-13-17(16-7-3-1-4-8-16)15-22-20-12-11-19(24-25-20)21(27)23-18-9-5-2-6-10-18/h1-12,17,26H,13-15H2,(H,22,25)(H,23,27). The van der Waals surface area contributed by atoms with Gasteiger partial charge < -0.3 is 15.7 Å². The molecule has 1 heterocycles. The lowest BCUT2D eigenvalue weighted by Crippen LogP contribution is -2.17. The van der Waals surface area contributed by atoms with Crippen LogP contribution in [0, 0.1) is 0 Å². The molecule has 6 heteroatoms. The Labute approximate surface area is 158 Å². The average molecular weight is 362 g/mol. The summed E-state index contributed by atoms with van der Waals surface area (Å²) in [7, 11) is 0. The molecule has 0 aliphatic rings. The molecule has 3 N–H and O–H groups in total. The highest BCUT2D eigenvalue weighted by Gasteiger charge is 2.12. The number of carbonyl (C=O) groups excluding carboxylic acids is 1. The number of anilines is 2. The van der Waals surface area contributed by atoms with Crippen molar-refractivity contribution in [1.29, 1.82) is 0 Å². The number of hydrogen-bond acceptors (Lipinski definition) is 5. The van der Waals surface area contributed by atoms with Gasteiger partial charge in [-0.15, -0.1) is 10.2 Å². The highest BCUT2D eigenvalue weighted by Crippen LogP contribution is 2.19. The first-order valence-corrected chi connectivity index (χ1v) is 8.86. The van der Waals surface area contributed by atoms with Crippen LogP contribution in [0.15, 0.2) is 72.8 Å². The van der Waals surface area contributed by atoms with Gasteiger partial charge in [0.1, 0.15) is 5.82 Å². The minimum atomic E-state index is -0.303. The van der Waals surface area contributed by atoms with Crippen LogP contribution in [0.2, 0.25) is 0 Å². The number of nitrogens with one attached hydrogen (secondary N) is 2. The number of amides is 1. The van der Waals surface area contributed by atoms with E-state index in [9.17, 15) is 9.90 Å². The van der Waals surface area contributed by atoms with Gasteiger partial charge in [-0.25, -0.2) is 0 Å². The summed E-state index contributed by atoms with van der Waals surface area (Å²) < 4.78 is 0. The number of hydrogen-bond donors (Lipinski definition) is 3. The molecule has 3 aromatic rings. The first-order valence-electron chi connectivity index (χ1n) is 8.86. The molecule has 1 aromatic heterocycles. The molecule has 0 radical (unpaired) electrons. The molecule has 6 nitrogen and oxygen atoms in total. The largest absolute Gasteiger partial charge is 0.396 e. The van der Waals surface area contributed by atoms with Gasteiger partial charge >= 0.3 is 0 Å². The molecule has 1 amide bonds. The lowest BCUT2D eigenvalue weighted by Gasteiger charge is -2.17. The lowest BCUT2D eigenvalue weighted by molar-refractivity contribution is 0.102. The van der Waals surface area contributed by atoms with E-state index >= 15 is 0 Å². The zero-order chi connectivity index (χ0) is 18.9. The molecule has 0 spiro atoms. The van der Waals surface area contributed by atoms with Crippen molar-refractivity contribution in [3.63, 3.8) is 0 Å². The molecular formula is C21H22N4O2. The first-order chi connectivity index (χ1) is 13.3. The molecule has 0 aliphatic heterocycles. The van der Waals surface area contributed by atoms with E-state index in [1.165, 1.54) is 0 Å². The zero-order valence-electron chi connectivity index (χ0n) is 14.9. The van der Waals surface area contributed by atoms with E-state index < -0.39 is 0 Å². The summed E-state index contributed by atoms with van der Waals surface area (Å²) in [6.45, 7) is 0.736. The van der Waals surface area contributed by atoms with Gasteiger partial charge in [-0.2, -0.15) is 0 Å². The minimum absolute atomic E-state index is 0.117. The van der Waals surface area contributed by atoms with E-state index in [-0.39, 0.29) is 24.1 Å². The summed E-state index contributed by atoms with van der Waals surface area (Å²) >= 11 is 0. The second-order valence-corrected chi connectivity index (χ2v) is 6.12. The Morgan fingerprint density at radius 2 is 1.63 bits per heavy atom. The molecule has 0 saturated carbocycles. The fourth-order valence-corrected chi connectivity index (χ4v) is 2.76. The fourth-order valence-electron chi connectivity index (χ4n) is 2.76. The Morgan fingerprint density at radius 3 is 2.26 bits per heavy atom. The number of benzene rings is 2. The summed E-state index contributed by atoms with van der Waals surface area (Å²) in [6.07, 6.45) is 0.655. The minimum Gasteiger partial charge on any atom is -0.396 e. The number of aliphatic hydroxyl groups is 1. The third-order valence-corrected chi connectivity index (χ3v) is 4.21. The predicted octanol–water partition coefficient (Wildman–Crippen LogP) is 3.31. The van der Waals surface area contributed by atoms with Gasteiger partial charge in [0.25, 0.3) is 5.91 Å². The number of rotatable bonds is 8. The number of aliphatic hydroxyl groups excluding tert-OH is 1. The molecule has 1 unspecified atom stereocenters. The molecule has 1 atom stereocenters. The molecule has 0 saturated heterocycles. The summed E-state index contributed by atoms with van der Waals surface area (Å²) in [5, 5.41) is 23.4. The van der Waals surface area contributed by atoms with Crippen LogP contribution in [-0.2, 0) is 0 Å². The van der Waals surface area contributed by atoms with Crippen LogP contribution < -0.4 is 10.6 Å². The second kappa shape index (κ2) is 9.45. The second-order valence-electron chi connectivity index (χ2n) is 6.12. The maximum Gasteiger partial charge on any atom is 0.276 e. The van der Waals surface area contributed by atoms with Gasteiger partial charge in [0, 0.05) is 24.8 Å². The molecule has 0 bridgehead atoms. The molecule has 2 aromatic carbocycles. The Hall–Kier alpha value is -3.25. The van der Waals surface area contributed by atoms with Crippen LogP contribution >= 0.6 is 0 Å². The van der Waals surface area contributed by atoms with Crippen LogP contribution in [0.4, 0.5) is 11.5 Å². The number of carbonyl (C=O) groups is 1. The highest BCUT2D eigenvalue weighted by molar-refractivity contribution is 6.02. The summed E-state index contributed by atoms with van der Waals surface area (Å²) in [4.78, 5) is 12.2. The Kier molecular flexibility index (Phi) is 6.49. The van der Waals surface area contributed by atoms with E-state index in [1.54, 1.807) is 12.1 Å². The first kappa shape index (κ1) is 18.5. The van der Waals surface area contributed by atoms with Gasteiger partial charge in [0.15, 0.2) is 5.69 Å². The lowest BCUT2D eigenvalue weighted by atomic mass is 9.96. The Balaban J connectivity index is 1.59. The van der Waals surface area contributed by atoms with Crippen molar-refractivity contribution >= 4 is 17.4 Å². The number of nitrogens with zero attached hydrogens (tertiary/aromatic N) is 2. The van der Waals surface area contributed by atoms with E-state index in [1.807, 2.05) is 60.7 Å². The molecule has 0 aliphatic carbocycles. The smallest absolute Gasteiger partial charge is 0.276 e. The topological polar surface area (TPSA) is 87.1 Å². The normalized spacial score (nSPS) is 11.6. The summed E-state index contributed by atoms with van der Waals surface area (Å²) in [6, 6.07) is 22.6. The zero-order valence-corrected chi connectivity index (χ0v) is 14.9. The highest BCUT2D eigenvalue weighted by atomic mass is 16.3. The molecule has 3 rings (SSSR count). The van der Waals surface area contributed by atoms with Gasteiger partial charge in [-0.1, -0.05) is 48.5 Å². The predicted molar refractivity (Wildman–Crippen MR) is 106 cm³/mol. The van der Waals surface area contributed by atoms with Crippen molar-refractivity contribution in [3.8, 4) is 0 Å². The van der Waals surface area contributed by atoms with Gasteiger partial charge in [-0.05, 0) is 36.2 Å². The number of para-hydroxylation sites is 1. The maximum absolute atomic E-state index is 12.2. The summed E-state index contributed by atoms with van der Waals surface area (Å²) in [5.41, 5.74) is 2.12. The van der Waals surface area contributed by atoms with Crippen LogP contribution in [0.3, 0.4) is 0 Å². The Bertz CT molecular complexity index is 839. The third-order valence-electron chi connectivity index (χ3n) is 4.21. The van der Waals surface area contributed by atoms with Gasteiger partial charge in [0.05, 0.1) is 0 Å². The SMILES string of the molecule is O=C(Nc1ccccc1)c1ccc(NCC(CCO)c2ccccc2)nn1. The average Bonchev–Trinajstić information content (AvgIpc) is 2.73. The van der Waals surface area contributed by atoms with Gasteiger partial charge in [-0.3, -0.25) is 4.79 Å².